The molecule has 0 saturated carbocycles. The number of methoxy groups -OCH3 is 1. The molecule has 1 fully saturated rings. The molecule has 0 spiro atoms. The van der Waals surface area contributed by atoms with Crippen LogP contribution in [0.2, 0.25) is 0 Å². The Morgan fingerprint density at radius 3 is 2.81 bits per heavy atom. The number of hydrogen-bond acceptors (Lipinski definition) is 5. The van der Waals surface area contributed by atoms with Gasteiger partial charge < -0.3 is 15.4 Å². The summed E-state index contributed by atoms with van der Waals surface area (Å²) >= 11 is 0. The van der Waals surface area contributed by atoms with Crippen LogP contribution < -0.4 is 10.6 Å². The molecule has 0 bridgehead atoms. The molecule has 1 unspecified atom stereocenters. The highest BCUT2D eigenvalue weighted by molar-refractivity contribution is 7.91. The van der Waals surface area contributed by atoms with E-state index in [0.29, 0.717) is 19.6 Å². The van der Waals surface area contributed by atoms with E-state index in [1.165, 1.54) is 0 Å². The maximum atomic E-state index is 11.4. The van der Waals surface area contributed by atoms with Crippen molar-refractivity contribution in [3.05, 3.63) is 0 Å². The predicted molar refractivity (Wildman–Crippen MR) is 59.9 cm³/mol. The molecule has 0 aliphatic carbocycles. The molecule has 2 N–H and O–H groups in total. The van der Waals surface area contributed by atoms with Gasteiger partial charge in [-0.2, -0.15) is 0 Å². The number of nitrogens with one attached hydrogen (secondary N) is 2. The maximum absolute atomic E-state index is 11.4. The minimum Gasteiger partial charge on any atom is -0.383 e. The lowest BCUT2D eigenvalue weighted by Crippen LogP contribution is -2.41. The molecule has 0 aromatic carbocycles. The molecule has 6 nitrogen and oxygen atoms in total. The van der Waals surface area contributed by atoms with E-state index in [-0.39, 0.29) is 30.0 Å². The molecule has 0 aromatic heterocycles. The third kappa shape index (κ3) is 4.91. The van der Waals surface area contributed by atoms with Crippen LogP contribution in [0.5, 0.6) is 0 Å². The van der Waals surface area contributed by atoms with E-state index < -0.39 is 9.84 Å². The van der Waals surface area contributed by atoms with Crippen molar-refractivity contribution in [3.63, 3.8) is 0 Å². The van der Waals surface area contributed by atoms with Gasteiger partial charge in [0.05, 0.1) is 24.7 Å². The zero-order valence-corrected chi connectivity index (χ0v) is 10.2. The van der Waals surface area contributed by atoms with E-state index >= 15 is 0 Å². The van der Waals surface area contributed by atoms with Gasteiger partial charge in [-0.05, 0) is 6.42 Å². The SMILES string of the molecule is COCCNCC(=O)NC1CCS(=O)(=O)C1. The number of rotatable bonds is 6. The van der Waals surface area contributed by atoms with Crippen LogP contribution in [0.3, 0.4) is 0 Å². The molecule has 7 heteroatoms. The van der Waals surface area contributed by atoms with Crippen LogP contribution in [0.25, 0.3) is 0 Å². The fourth-order valence-corrected chi connectivity index (χ4v) is 3.24. The molecule has 1 heterocycles. The first-order chi connectivity index (χ1) is 7.53. The highest BCUT2D eigenvalue weighted by atomic mass is 32.2. The molecular weight excluding hydrogens is 232 g/mol. The lowest BCUT2D eigenvalue weighted by molar-refractivity contribution is -0.120. The molecule has 1 amide bonds. The normalized spacial score (nSPS) is 23.2. The molecule has 1 aliphatic heterocycles. The Kier molecular flexibility index (Phi) is 5.17. The zero-order chi connectivity index (χ0) is 12.0. The van der Waals surface area contributed by atoms with Gasteiger partial charge in [-0.3, -0.25) is 4.79 Å². The Morgan fingerprint density at radius 1 is 1.50 bits per heavy atom. The Labute approximate surface area is 95.7 Å². The van der Waals surface area contributed by atoms with Crippen molar-refractivity contribution in [2.24, 2.45) is 0 Å². The molecule has 0 aromatic rings. The summed E-state index contributed by atoms with van der Waals surface area (Å²) in [5, 5.41) is 5.58. The fraction of sp³-hybridized carbons (Fsp3) is 0.889. The van der Waals surface area contributed by atoms with Crippen LogP contribution in [0.4, 0.5) is 0 Å². The number of amides is 1. The highest BCUT2D eigenvalue weighted by Gasteiger charge is 2.28. The van der Waals surface area contributed by atoms with Crippen molar-refractivity contribution in [2.45, 2.75) is 12.5 Å². The lowest BCUT2D eigenvalue weighted by Gasteiger charge is -2.11. The summed E-state index contributed by atoms with van der Waals surface area (Å²) < 4.78 is 27.1. The fourth-order valence-electron chi connectivity index (χ4n) is 1.56. The summed E-state index contributed by atoms with van der Waals surface area (Å²) in [6.45, 7) is 1.35. The second-order valence-electron chi connectivity index (χ2n) is 3.84. The van der Waals surface area contributed by atoms with Gasteiger partial charge in [0.15, 0.2) is 9.84 Å². The molecule has 1 atom stereocenters. The van der Waals surface area contributed by atoms with E-state index in [1.54, 1.807) is 7.11 Å². The van der Waals surface area contributed by atoms with E-state index in [4.69, 9.17) is 4.74 Å². The van der Waals surface area contributed by atoms with Crippen LogP contribution in [-0.4, -0.2) is 58.7 Å². The summed E-state index contributed by atoms with van der Waals surface area (Å²) in [5.41, 5.74) is 0. The summed E-state index contributed by atoms with van der Waals surface area (Å²) in [5.74, 6) is 0.0736. The molecule has 0 radical (unpaired) electrons. The lowest BCUT2D eigenvalue weighted by atomic mass is 10.2. The second kappa shape index (κ2) is 6.17. The average Bonchev–Trinajstić information content (AvgIpc) is 2.53. The Morgan fingerprint density at radius 2 is 2.25 bits per heavy atom. The number of hydrogen-bond donors (Lipinski definition) is 2. The van der Waals surface area contributed by atoms with E-state index in [1.807, 2.05) is 0 Å². The number of sulfone groups is 1. The topological polar surface area (TPSA) is 84.5 Å². The standard InChI is InChI=1S/C9H18N2O4S/c1-15-4-3-10-6-9(12)11-8-2-5-16(13,14)7-8/h8,10H,2-7H2,1H3,(H,11,12). The number of carbonyl (C=O) groups excluding carboxylic acids is 1. The minimum atomic E-state index is -2.93. The largest absolute Gasteiger partial charge is 0.383 e. The van der Waals surface area contributed by atoms with Gasteiger partial charge in [-0.1, -0.05) is 0 Å². The van der Waals surface area contributed by atoms with Crippen LogP contribution in [0.15, 0.2) is 0 Å². The quantitative estimate of drug-likeness (QED) is 0.562. The molecule has 1 rings (SSSR count). The third-order valence-electron chi connectivity index (χ3n) is 2.37. The van der Waals surface area contributed by atoms with Crippen LogP contribution >= 0.6 is 0 Å². The van der Waals surface area contributed by atoms with Crippen molar-refractivity contribution < 1.29 is 17.9 Å². The first-order valence-corrected chi connectivity index (χ1v) is 7.05. The van der Waals surface area contributed by atoms with Gasteiger partial charge in [-0.25, -0.2) is 8.42 Å². The number of carbonyl (C=O) groups is 1. The highest BCUT2D eigenvalue weighted by Crippen LogP contribution is 2.10. The van der Waals surface area contributed by atoms with Gasteiger partial charge in [-0.15, -0.1) is 0 Å². The summed E-state index contributed by atoms with van der Waals surface area (Å²) in [6.07, 6.45) is 0.520. The van der Waals surface area contributed by atoms with Gasteiger partial charge in [0.25, 0.3) is 0 Å². The monoisotopic (exact) mass is 250 g/mol. The van der Waals surface area contributed by atoms with Gasteiger partial charge >= 0.3 is 0 Å². The van der Waals surface area contributed by atoms with Gasteiger partial charge in [0, 0.05) is 19.7 Å². The molecule has 94 valence electrons. The molecular formula is C9H18N2O4S. The Balaban J connectivity index is 2.15. The Hall–Kier alpha value is -0.660. The van der Waals surface area contributed by atoms with Crippen LogP contribution in [0.1, 0.15) is 6.42 Å². The van der Waals surface area contributed by atoms with Crippen molar-refractivity contribution in [3.8, 4) is 0 Å². The molecule has 16 heavy (non-hydrogen) atoms. The van der Waals surface area contributed by atoms with Crippen molar-refractivity contribution in [1.82, 2.24) is 10.6 Å². The van der Waals surface area contributed by atoms with Crippen molar-refractivity contribution in [1.29, 1.82) is 0 Å². The van der Waals surface area contributed by atoms with Crippen LogP contribution in [0, 0.1) is 0 Å². The predicted octanol–water partition coefficient (Wildman–Crippen LogP) is -1.47. The van der Waals surface area contributed by atoms with Gasteiger partial charge in [0.2, 0.25) is 5.91 Å². The maximum Gasteiger partial charge on any atom is 0.234 e. The third-order valence-corrected chi connectivity index (χ3v) is 4.13. The van der Waals surface area contributed by atoms with E-state index in [0.717, 1.165) is 0 Å². The van der Waals surface area contributed by atoms with Gasteiger partial charge in [0.1, 0.15) is 0 Å². The average molecular weight is 250 g/mol. The molecule has 1 aliphatic rings. The first-order valence-electron chi connectivity index (χ1n) is 5.23. The summed E-state index contributed by atoms with van der Waals surface area (Å²) in [7, 11) is -1.34. The van der Waals surface area contributed by atoms with E-state index in [9.17, 15) is 13.2 Å². The van der Waals surface area contributed by atoms with E-state index in [2.05, 4.69) is 10.6 Å². The van der Waals surface area contributed by atoms with Crippen molar-refractivity contribution >= 4 is 15.7 Å². The minimum absolute atomic E-state index is 0.0663. The Bertz CT molecular complexity index is 328. The smallest absolute Gasteiger partial charge is 0.234 e. The summed E-state index contributed by atoms with van der Waals surface area (Å²) in [6, 6.07) is -0.221. The summed E-state index contributed by atoms with van der Waals surface area (Å²) in [4.78, 5) is 11.4. The first kappa shape index (κ1) is 13.4. The van der Waals surface area contributed by atoms with Crippen LogP contribution in [-0.2, 0) is 19.4 Å². The number of ether oxygens (including phenoxy) is 1. The second-order valence-corrected chi connectivity index (χ2v) is 6.07. The van der Waals surface area contributed by atoms with Crippen molar-refractivity contribution in [2.75, 3.05) is 38.3 Å². The molecule has 1 saturated heterocycles. The zero-order valence-electron chi connectivity index (χ0n) is 9.36.